The van der Waals surface area contributed by atoms with Crippen LogP contribution in [0.5, 0.6) is 0 Å². The summed E-state index contributed by atoms with van der Waals surface area (Å²) in [5.74, 6) is 0. The van der Waals surface area contributed by atoms with Gasteiger partial charge in [0.15, 0.2) is 0 Å². The number of allylic oxidation sites excluding steroid dienone is 1. The lowest BCUT2D eigenvalue weighted by atomic mass is 9.81. The average Bonchev–Trinajstić information content (AvgIpc) is 2.34. The summed E-state index contributed by atoms with van der Waals surface area (Å²) in [5.41, 5.74) is 0.0203. The molecule has 2 N–H and O–H groups in total. The highest BCUT2D eigenvalue weighted by molar-refractivity contribution is 5.01. The van der Waals surface area contributed by atoms with Crippen LogP contribution in [0, 0.1) is 0 Å². The van der Waals surface area contributed by atoms with E-state index >= 15 is 0 Å². The molecule has 0 saturated heterocycles. The van der Waals surface area contributed by atoms with Crippen LogP contribution in [0.15, 0.2) is 12.2 Å². The van der Waals surface area contributed by atoms with Crippen molar-refractivity contribution in [2.45, 2.75) is 75.8 Å². The summed E-state index contributed by atoms with van der Waals surface area (Å²) in [7, 11) is 0. The van der Waals surface area contributed by atoms with Gasteiger partial charge in [0, 0.05) is 11.6 Å². The fourth-order valence-electron chi connectivity index (χ4n) is 3.25. The van der Waals surface area contributed by atoms with Gasteiger partial charge in [-0.1, -0.05) is 44.3 Å². The zero-order valence-corrected chi connectivity index (χ0v) is 11.0. The number of hydrogen-bond acceptors (Lipinski definition) is 2. The van der Waals surface area contributed by atoms with Crippen molar-refractivity contribution in [2.24, 2.45) is 0 Å². The lowest BCUT2D eigenvalue weighted by Crippen LogP contribution is -2.53. The lowest BCUT2D eigenvalue weighted by molar-refractivity contribution is 0.112. The van der Waals surface area contributed by atoms with Crippen LogP contribution in [0.25, 0.3) is 0 Å². The van der Waals surface area contributed by atoms with Crippen LogP contribution in [-0.2, 0) is 0 Å². The van der Waals surface area contributed by atoms with Gasteiger partial charge in [0.2, 0.25) is 0 Å². The predicted octanol–water partition coefficient (Wildman–Crippen LogP) is 3.16. The van der Waals surface area contributed by atoms with E-state index in [1.807, 2.05) is 0 Å². The zero-order chi connectivity index (χ0) is 12.0. The summed E-state index contributed by atoms with van der Waals surface area (Å²) >= 11 is 0. The van der Waals surface area contributed by atoms with Crippen molar-refractivity contribution < 1.29 is 5.11 Å². The minimum absolute atomic E-state index is 0.0203. The minimum Gasteiger partial charge on any atom is -0.394 e. The maximum Gasteiger partial charge on any atom is 0.0613 e. The van der Waals surface area contributed by atoms with Crippen LogP contribution >= 0.6 is 0 Å². The standard InChI is InChI=1S/C15H27NO/c17-13-15(11-7-4-8-12-15)16-14-9-5-2-1-3-6-10-14/h5,9,14,16-17H,1-4,6-8,10-13H2/b9-5+. The van der Waals surface area contributed by atoms with Gasteiger partial charge in [0.25, 0.3) is 0 Å². The molecule has 17 heavy (non-hydrogen) atoms. The summed E-state index contributed by atoms with van der Waals surface area (Å²) in [6, 6.07) is 0.487. The normalized spacial score (nSPS) is 31.5. The molecule has 2 aliphatic carbocycles. The number of hydrogen-bond donors (Lipinski definition) is 2. The minimum atomic E-state index is 0.0203. The Morgan fingerprint density at radius 3 is 2.59 bits per heavy atom. The Balaban J connectivity index is 1.93. The van der Waals surface area contributed by atoms with Gasteiger partial charge in [-0.05, 0) is 32.1 Å². The Labute approximate surface area is 105 Å². The molecule has 0 spiro atoms. The van der Waals surface area contributed by atoms with Gasteiger partial charge in [0.05, 0.1) is 6.61 Å². The summed E-state index contributed by atoms with van der Waals surface area (Å²) in [4.78, 5) is 0. The second kappa shape index (κ2) is 6.55. The fourth-order valence-corrected chi connectivity index (χ4v) is 3.25. The van der Waals surface area contributed by atoms with Crippen molar-refractivity contribution in [3.63, 3.8) is 0 Å². The fraction of sp³-hybridized carbons (Fsp3) is 0.867. The third-order valence-corrected chi connectivity index (χ3v) is 4.36. The van der Waals surface area contributed by atoms with Crippen molar-refractivity contribution in [2.75, 3.05) is 6.61 Å². The lowest BCUT2D eigenvalue weighted by Gasteiger charge is -2.39. The quantitative estimate of drug-likeness (QED) is 0.739. The molecule has 2 rings (SSSR count). The maximum atomic E-state index is 9.71. The first-order valence-electron chi connectivity index (χ1n) is 7.40. The van der Waals surface area contributed by atoms with E-state index in [0.717, 1.165) is 12.8 Å². The van der Waals surface area contributed by atoms with Crippen LogP contribution in [0.2, 0.25) is 0 Å². The molecule has 0 amide bonds. The number of nitrogens with one attached hydrogen (secondary N) is 1. The molecule has 1 atom stereocenters. The molecule has 0 aromatic carbocycles. The topological polar surface area (TPSA) is 32.3 Å². The molecule has 98 valence electrons. The van der Waals surface area contributed by atoms with Crippen molar-refractivity contribution in [3.05, 3.63) is 12.2 Å². The van der Waals surface area contributed by atoms with Gasteiger partial charge in [-0.2, -0.15) is 0 Å². The molecule has 2 aliphatic rings. The van der Waals surface area contributed by atoms with Gasteiger partial charge >= 0.3 is 0 Å². The average molecular weight is 237 g/mol. The highest BCUT2D eigenvalue weighted by atomic mass is 16.3. The smallest absolute Gasteiger partial charge is 0.0613 e. The Morgan fingerprint density at radius 1 is 1.06 bits per heavy atom. The zero-order valence-electron chi connectivity index (χ0n) is 11.0. The second-order valence-corrected chi connectivity index (χ2v) is 5.82. The summed E-state index contributed by atoms with van der Waals surface area (Å²) in [5, 5.41) is 13.5. The third-order valence-electron chi connectivity index (χ3n) is 4.36. The first-order chi connectivity index (χ1) is 8.35. The Morgan fingerprint density at radius 2 is 1.82 bits per heavy atom. The SMILES string of the molecule is OCC1(NC2/C=C/CCCCC2)CCCCC1. The molecule has 1 fully saturated rings. The van der Waals surface area contributed by atoms with E-state index in [4.69, 9.17) is 0 Å². The van der Waals surface area contributed by atoms with Crippen molar-refractivity contribution >= 4 is 0 Å². The van der Waals surface area contributed by atoms with Gasteiger partial charge in [-0.3, -0.25) is 0 Å². The van der Waals surface area contributed by atoms with Gasteiger partial charge < -0.3 is 10.4 Å². The predicted molar refractivity (Wildman–Crippen MR) is 72.1 cm³/mol. The highest BCUT2D eigenvalue weighted by Crippen LogP contribution is 2.29. The van der Waals surface area contributed by atoms with Crippen molar-refractivity contribution in [3.8, 4) is 0 Å². The number of rotatable bonds is 3. The molecule has 0 radical (unpaired) electrons. The number of aliphatic hydroxyl groups is 1. The Hall–Kier alpha value is -0.340. The first-order valence-corrected chi connectivity index (χ1v) is 7.40. The molecular weight excluding hydrogens is 210 g/mol. The van der Waals surface area contributed by atoms with Crippen molar-refractivity contribution in [1.82, 2.24) is 5.32 Å². The molecule has 1 saturated carbocycles. The highest BCUT2D eigenvalue weighted by Gasteiger charge is 2.32. The van der Waals surface area contributed by atoms with Crippen LogP contribution in [0.1, 0.15) is 64.2 Å². The van der Waals surface area contributed by atoms with E-state index in [2.05, 4.69) is 17.5 Å². The molecule has 0 aromatic rings. The molecule has 2 nitrogen and oxygen atoms in total. The summed E-state index contributed by atoms with van der Waals surface area (Å²) < 4.78 is 0. The number of aliphatic hydroxyl groups excluding tert-OH is 1. The van der Waals surface area contributed by atoms with Crippen LogP contribution < -0.4 is 5.32 Å². The van der Waals surface area contributed by atoms with Gasteiger partial charge in [-0.25, -0.2) is 0 Å². The van der Waals surface area contributed by atoms with Gasteiger partial charge in [0.1, 0.15) is 0 Å². The molecule has 0 aromatic heterocycles. The summed E-state index contributed by atoms with van der Waals surface area (Å²) in [6.07, 6.45) is 17.3. The summed E-state index contributed by atoms with van der Waals surface area (Å²) in [6.45, 7) is 0.303. The molecule has 0 bridgehead atoms. The largest absolute Gasteiger partial charge is 0.394 e. The van der Waals surface area contributed by atoms with E-state index in [1.165, 1.54) is 51.4 Å². The van der Waals surface area contributed by atoms with Crippen LogP contribution in [0.4, 0.5) is 0 Å². The second-order valence-electron chi connectivity index (χ2n) is 5.82. The van der Waals surface area contributed by atoms with Crippen LogP contribution in [0.3, 0.4) is 0 Å². The Bertz CT molecular complexity index is 243. The van der Waals surface area contributed by atoms with Crippen LogP contribution in [-0.4, -0.2) is 23.3 Å². The van der Waals surface area contributed by atoms with Gasteiger partial charge in [-0.15, -0.1) is 0 Å². The molecule has 2 heteroatoms. The van der Waals surface area contributed by atoms with E-state index in [9.17, 15) is 5.11 Å². The first kappa shape index (κ1) is 13.1. The monoisotopic (exact) mass is 237 g/mol. The molecule has 0 aliphatic heterocycles. The van der Waals surface area contributed by atoms with E-state index in [-0.39, 0.29) is 5.54 Å². The molecular formula is C15H27NO. The molecule has 0 heterocycles. The molecule has 1 unspecified atom stereocenters. The maximum absolute atomic E-state index is 9.71. The van der Waals surface area contributed by atoms with E-state index in [0.29, 0.717) is 12.6 Å². The van der Waals surface area contributed by atoms with Crippen molar-refractivity contribution in [1.29, 1.82) is 0 Å². The van der Waals surface area contributed by atoms with E-state index < -0.39 is 0 Å². The van der Waals surface area contributed by atoms with E-state index in [1.54, 1.807) is 0 Å². The Kier molecular flexibility index (Phi) is 5.05. The third kappa shape index (κ3) is 3.82.